The Balaban J connectivity index is 1.63. The summed E-state index contributed by atoms with van der Waals surface area (Å²) in [4.78, 5) is 2.54. The number of morpholine rings is 1. The summed E-state index contributed by atoms with van der Waals surface area (Å²) in [5, 5.41) is 3.72. The first-order valence-electron chi connectivity index (χ1n) is 6.49. The van der Waals surface area contributed by atoms with Gasteiger partial charge in [-0.3, -0.25) is 4.90 Å². The van der Waals surface area contributed by atoms with Crippen molar-refractivity contribution in [3.8, 4) is 0 Å². The first-order valence-corrected chi connectivity index (χ1v) is 7.64. The maximum absolute atomic E-state index is 5.38. The quantitative estimate of drug-likeness (QED) is 0.803. The second kappa shape index (κ2) is 6.84. The lowest BCUT2D eigenvalue weighted by Crippen LogP contribution is -2.48. The first-order chi connectivity index (χ1) is 7.86. The summed E-state index contributed by atoms with van der Waals surface area (Å²) in [6.45, 7) is 7.48. The fraction of sp³-hybridized carbons (Fsp3) is 1.00. The molecule has 0 bridgehead atoms. The monoisotopic (exact) mass is 244 g/mol. The van der Waals surface area contributed by atoms with Gasteiger partial charge in [0, 0.05) is 31.7 Å². The molecule has 16 heavy (non-hydrogen) atoms. The first kappa shape index (κ1) is 12.7. The molecule has 0 saturated carbocycles. The number of nitrogens with one attached hydrogen (secondary N) is 1. The van der Waals surface area contributed by atoms with Gasteiger partial charge in [0.1, 0.15) is 0 Å². The molecular formula is C12H24N2OS. The lowest BCUT2D eigenvalue weighted by molar-refractivity contribution is 0.0199. The topological polar surface area (TPSA) is 24.5 Å². The normalized spacial score (nSPS) is 26.8. The number of ether oxygens (including phenoxy) is 1. The highest BCUT2D eigenvalue weighted by Gasteiger charge is 2.19. The van der Waals surface area contributed by atoms with Crippen LogP contribution in [0.2, 0.25) is 0 Å². The average Bonchev–Trinajstić information content (AvgIpc) is 2.38. The summed E-state index contributed by atoms with van der Waals surface area (Å²) in [5.74, 6) is 2.67. The van der Waals surface area contributed by atoms with Gasteiger partial charge < -0.3 is 10.1 Å². The SMILES string of the molecule is CC(CNC1CCSCC1)N1CCOCC1. The van der Waals surface area contributed by atoms with Crippen molar-refractivity contribution in [3.05, 3.63) is 0 Å². The second-order valence-electron chi connectivity index (χ2n) is 4.79. The Kier molecular flexibility index (Phi) is 5.42. The van der Waals surface area contributed by atoms with Gasteiger partial charge in [0.2, 0.25) is 0 Å². The van der Waals surface area contributed by atoms with Crippen LogP contribution in [0, 0.1) is 0 Å². The molecule has 0 aromatic rings. The summed E-state index contributed by atoms with van der Waals surface area (Å²) in [6, 6.07) is 1.42. The van der Waals surface area contributed by atoms with Gasteiger partial charge in [0.25, 0.3) is 0 Å². The van der Waals surface area contributed by atoms with Gasteiger partial charge in [-0.2, -0.15) is 11.8 Å². The van der Waals surface area contributed by atoms with Crippen molar-refractivity contribution in [2.24, 2.45) is 0 Å². The smallest absolute Gasteiger partial charge is 0.0594 e. The molecule has 4 heteroatoms. The zero-order valence-electron chi connectivity index (χ0n) is 10.3. The molecule has 1 unspecified atom stereocenters. The Morgan fingerprint density at radius 1 is 1.31 bits per heavy atom. The molecule has 0 radical (unpaired) electrons. The van der Waals surface area contributed by atoms with Crippen LogP contribution >= 0.6 is 11.8 Å². The Morgan fingerprint density at radius 3 is 2.69 bits per heavy atom. The molecule has 2 rings (SSSR count). The van der Waals surface area contributed by atoms with Crippen LogP contribution in [0.15, 0.2) is 0 Å². The molecule has 2 saturated heterocycles. The zero-order chi connectivity index (χ0) is 11.2. The van der Waals surface area contributed by atoms with Gasteiger partial charge in [0.15, 0.2) is 0 Å². The maximum atomic E-state index is 5.38. The number of hydrogen-bond donors (Lipinski definition) is 1. The minimum absolute atomic E-state index is 0.651. The van der Waals surface area contributed by atoms with E-state index in [1.807, 2.05) is 0 Å². The van der Waals surface area contributed by atoms with Gasteiger partial charge >= 0.3 is 0 Å². The standard InChI is InChI=1S/C12H24N2OS/c1-11(14-4-6-15-7-5-14)10-13-12-2-8-16-9-3-12/h11-13H,2-10H2,1H3. The molecule has 0 aliphatic carbocycles. The van der Waals surface area contributed by atoms with Crippen LogP contribution in [0.5, 0.6) is 0 Å². The van der Waals surface area contributed by atoms with Crippen molar-refractivity contribution in [2.75, 3.05) is 44.4 Å². The van der Waals surface area contributed by atoms with E-state index >= 15 is 0 Å². The molecule has 3 nitrogen and oxygen atoms in total. The summed E-state index contributed by atoms with van der Waals surface area (Å²) in [7, 11) is 0. The molecule has 1 atom stereocenters. The van der Waals surface area contributed by atoms with E-state index in [1.165, 1.54) is 24.3 Å². The van der Waals surface area contributed by atoms with E-state index in [4.69, 9.17) is 4.74 Å². The highest BCUT2D eigenvalue weighted by molar-refractivity contribution is 7.99. The molecule has 0 amide bonds. The number of rotatable bonds is 4. The fourth-order valence-corrected chi connectivity index (χ4v) is 3.49. The molecule has 2 fully saturated rings. The van der Waals surface area contributed by atoms with Crippen molar-refractivity contribution in [2.45, 2.75) is 31.8 Å². The largest absolute Gasteiger partial charge is 0.379 e. The fourth-order valence-electron chi connectivity index (χ4n) is 2.39. The van der Waals surface area contributed by atoms with Crippen LogP contribution in [0.25, 0.3) is 0 Å². The van der Waals surface area contributed by atoms with E-state index in [0.717, 1.165) is 38.9 Å². The van der Waals surface area contributed by atoms with Crippen molar-refractivity contribution in [1.82, 2.24) is 10.2 Å². The van der Waals surface area contributed by atoms with E-state index in [2.05, 4.69) is 28.9 Å². The van der Waals surface area contributed by atoms with Gasteiger partial charge in [-0.15, -0.1) is 0 Å². The Bertz CT molecular complexity index is 191. The molecule has 2 aliphatic rings. The third kappa shape index (κ3) is 3.91. The van der Waals surface area contributed by atoms with Crippen LogP contribution in [-0.2, 0) is 4.74 Å². The van der Waals surface area contributed by atoms with Gasteiger partial charge in [0.05, 0.1) is 13.2 Å². The van der Waals surface area contributed by atoms with Crippen molar-refractivity contribution >= 4 is 11.8 Å². The Morgan fingerprint density at radius 2 is 2.00 bits per heavy atom. The highest BCUT2D eigenvalue weighted by Crippen LogP contribution is 2.17. The van der Waals surface area contributed by atoms with Crippen LogP contribution < -0.4 is 5.32 Å². The molecule has 2 aliphatic heterocycles. The van der Waals surface area contributed by atoms with E-state index in [0.29, 0.717) is 6.04 Å². The molecule has 1 N–H and O–H groups in total. The van der Waals surface area contributed by atoms with Crippen LogP contribution in [-0.4, -0.2) is 61.3 Å². The minimum Gasteiger partial charge on any atom is -0.379 e. The number of nitrogens with zero attached hydrogens (tertiary/aromatic N) is 1. The summed E-state index contributed by atoms with van der Waals surface area (Å²) in [5.41, 5.74) is 0. The van der Waals surface area contributed by atoms with E-state index in [-0.39, 0.29) is 0 Å². The van der Waals surface area contributed by atoms with Gasteiger partial charge in [-0.25, -0.2) is 0 Å². The summed E-state index contributed by atoms with van der Waals surface area (Å²) in [6.07, 6.45) is 2.70. The molecule has 0 spiro atoms. The molecule has 94 valence electrons. The molecular weight excluding hydrogens is 220 g/mol. The van der Waals surface area contributed by atoms with E-state index in [1.54, 1.807) is 0 Å². The molecule has 0 aromatic carbocycles. The van der Waals surface area contributed by atoms with E-state index in [9.17, 15) is 0 Å². The lowest BCUT2D eigenvalue weighted by atomic mass is 10.1. The Hall–Kier alpha value is 0.230. The van der Waals surface area contributed by atoms with Crippen LogP contribution in [0.4, 0.5) is 0 Å². The summed E-state index contributed by atoms with van der Waals surface area (Å²) >= 11 is 2.09. The lowest BCUT2D eigenvalue weighted by Gasteiger charge is -2.34. The van der Waals surface area contributed by atoms with Crippen LogP contribution in [0.1, 0.15) is 19.8 Å². The number of thioether (sulfide) groups is 1. The second-order valence-corrected chi connectivity index (χ2v) is 6.02. The van der Waals surface area contributed by atoms with Crippen LogP contribution in [0.3, 0.4) is 0 Å². The zero-order valence-corrected chi connectivity index (χ0v) is 11.1. The maximum Gasteiger partial charge on any atom is 0.0594 e. The van der Waals surface area contributed by atoms with Gasteiger partial charge in [-0.1, -0.05) is 0 Å². The highest BCUT2D eigenvalue weighted by atomic mass is 32.2. The minimum atomic E-state index is 0.651. The third-order valence-electron chi connectivity index (χ3n) is 3.59. The van der Waals surface area contributed by atoms with Crippen molar-refractivity contribution in [3.63, 3.8) is 0 Å². The number of hydrogen-bond acceptors (Lipinski definition) is 4. The predicted molar refractivity (Wildman–Crippen MR) is 70.2 cm³/mol. The van der Waals surface area contributed by atoms with E-state index < -0.39 is 0 Å². The molecule has 0 aromatic heterocycles. The average molecular weight is 244 g/mol. The van der Waals surface area contributed by atoms with Crippen molar-refractivity contribution in [1.29, 1.82) is 0 Å². The van der Waals surface area contributed by atoms with Crippen molar-refractivity contribution < 1.29 is 4.74 Å². The summed E-state index contributed by atoms with van der Waals surface area (Å²) < 4.78 is 5.38. The third-order valence-corrected chi connectivity index (χ3v) is 4.64. The Labute approximate surface area is 103 Å². The van der Waals surface area contributed by atoms with Gasteiger partial charge in [-0.05, 0) is 31.3 Å². The molecule has 2 heterocycles. The predicted octanol–water partition coefficient (Wildman–Crippen LogP) is 1.19.